The number of nitrogens with one attached hydrogen (secondary N) is 2. The molecule has 3 aliphatic rings. The van der Waals surface area contributed by atoms with Gasteiger partial charge in [0.15, 0.2) is 0 Å². The molecule has 1 unspecified atom stereocenters. The molecule has 10 nitrogen and oxygen atoms in total. The van der Waals surface area contributed by atoms with Crippen molar-refractivity contribution in [2.45, 2.75) is 56.9 Å². The standard InChI is InChI=1S/C41H45F2N5O5/c1-46-23-34(32-22-29(42)5-8-31(32)41(46)52)28-20-35(43)33(37(21-28)53-2)19-25-11-15-47(16-12-25)24-39(50)48-17-13-27(14-18-48)26-3-6-30(7-4-26)44-36-9-10-38(49)45-40(36)51/h3-8,20-23,25,27,36,44H,9-19,24H2,1-2H3,(H,45,49,51). The number of amides is 3. The molecule has 4 heterocycles. The van der Waals surface area contributed by atoms with E-state index < -0.39 is 17.7 Å². The summed E-state index contributed by atoms with van der Waals surface area (Å²) in [6.45, 7) is 3.29. The third-order valence-electron chi connectivity index (χ3n) is 11.2. The number of carbonyl (C=O) groups excluding carboxylic acids is 3. The molecular weight excluding hydrogens is 680 g/mol. The van der Waals surface area contributed by atoms with Crippen LogP contribution in [0.2, 0.25) is 0 Å². The van der Waals surface area contributed by atoms with Gasteiger partial charge in [0.1, 0.15) is 23.4 Å². The summed E-state index contributed by atoms with van der Waals surface area (Å²) < 4.78 is 37.1. The normalized spacial score (nSPS) is 19.0. The Morgan fingerprint density at radius 3 is 2.34 bits per heavy atom. The van der Waals surface area contributed by atoms with Crippen LogP contribution in [0.1, 0.15) is 55.6 Å². The van der Waals surface area contributed by atoms with E-state index in [9.17, 15) is 23.6 Å². The number of imide groups is 1. The molecule has 0 saturated carbocycles. The summed E-state index contributed by atoms with van der Waals surface area (Å²) in [5.74, 6) is -0.267. The SMILES string of the molecule is COc1cc(-c2cn(C)c(=O)c3ccc(F)cc23)cc(F)c1CC1CCN(CC(=O)N2CCC(c3ccc(NC4CCC(=O)NC4=O)cc3)CC2)CC1. The molecule has 7 rings (SSSR count). The fourth-order valence-corrected chi connectivity index (χ4v) is 8.09. The summed E-state index contributed by atoms with van der Waals surface area (Å²) in [4.78, 5) is 53.6. The Labute approximate surface area is 307 Å². The first-order valence-electron chi connectivity index (χ1n) is 18.4. The fraction of sp³-hybridized carbons (Fsp3) is 0.415. The zero-order valence-electron chi connectivity index (χ0n) is 30.1. The lowest BCUT2D eigenvalue weighted by atomic mass is 9.88. The topological polar surface area (TPSA) is 113 Å². The van der Waals surface area contributed by atoms with Crippen LogP contribution in [0.3, 0.4) is 0 Å². The molecule has 0 radical (unpaired) electrons. The van der Waals surface area contributed by atoms with Gasteiger partial charge in [0.25, 0.3) is 5.56 Å². The van der Waals surface area contributed by atoms with Gasteiger partial charge < -0.3 is 19.5 Å². The molecule has 2 N–H and O–H groups in total. The number of halogens is 2. The first kappa shape index (κ1) is 36.3. The minimum Gasteiger partial charge on any atom is -0.496 e. The minimum atomic E-state index is -0.476. The summed E-state index contributed by atoms with van der Waals surface area (Å²) in [5, 5.41) is 6.37. The van der Waals surface area contributed by atoms with Crippen molar-refractivity contribution in [3.8, 4) is 16.9 Å². The smallest absolute Gasteiger partial charge is 0.258 e. The van der Waals surface area contributed by atoms with E-state index in [4.69, 9.17) is 4.74 Å². The van der Waals surface area contributed by atoms with Gasteiger partial charge in [-0.2, -0.15) is 0 Å². The lowest BCUT2D eigenvalue weighted by Gasteiger charge is -2.36. The quantitative estimate of drug-likeness (QED) is 0.223. The maximum absolute atomic E-state index is 15.8. The zero-order chi connectivity index (χ0) is 37.2. The molecule has 278 valence electrons. The highest BCUT2D eigenvalue weighted by atomic mass is 19.1. The molecular formula is C41H45F2N5O5. The van der Waals surface area contributed by atoms with Gasteiger partial charge in [-0.15, -0.1) is 0 Å². The van der Waals surface area contributed by atoms with Gasteiger partial charge in [-0.3, -0.25) is 29.4 Å². The molecule has 0 bridgehead atoms. The number of fused-ring (bicyclic) bond motifs is 1. The fourth-order valence-electron chi connectivity index (χ4n) is 8.09. The van der Waals surface area contributed by atoms with Crippen molar-refractivity contribution in [1.29, 1.82) is 0 Å². The highest BCUT2D eigenvalue weighted by Gasteiger charge is 2.29. The number of hydrogen-bond acceptors (Lipinski definition) is 7. The maximum atomic E-state index is 15.8. The number of aryl methyl sites for hydroxylation is 1. The van der Waals surface area contributed by atoms with Crippen molar-refractivity contribution < 1.29 is 27.9 Å². The van der Waals surface area contributed by atoms with E-state index >= 15 is 4.39 Å². The van der Waals surface area contributed by atoms with Crippen molar-refractivity contribution in [2.24, 2.45) is 13.0 Å². The van der Waals surface area contributed by atoms with Crippen LogP contribution in [-0.4, -0.2) is 78.0 Å². The number of likely N-dealkylation sites (tertiary alicyclic amines) is 2. The predicted octanol–water partition coefficient (Wildman–Crippen LogP) is 5.37. The second-order valence-corrected chi connectivity index (χ2v) is 14.6. The van der Waals surface area contributed by atoms with Gasteiger partial charge in [-0.05, 0) is 122 Å². The molecule has 3 aliphatic heterocycles. The first-order valence-corrected chi connectivity index (χ1v) is 18.4. The van der Waals surface area contributed by atoms with Crippen LogP contribution in [0.25, 0.3) is 21.9 Å². The monoisotopic (exact) mass is 725 g/mol. The van der Waals surface area contributed by atoms with Crippen LogP contribution in [0.5, 0.6) is 5.75 Å². The molecule has 1 atom stereocenters. The zero-order valence-corrected chi connectivity index (χ0v) is 30.1. The number of anilines is 1. The average molecular weight is 726 g/mol. The second kappa shape index (κ2) is 15.5. The largest absolute Gasteiger partial charge is 0.496 e. The Morgan fingerprint density at radius 1 is 0.906 bits per heavy atom. The highest BCUT2D eigenvalue weighted by Crippen LogP contribution is 2.36. The minimum absolute atomic E-state index is 0.139. The molecule has 53 heavy (non-hydrogen) atoms. The Morgan fingerprint density at radius 2 is 1.64 bits per heavy atom. The van der Waals surface area contributed by atoms with Gasteiger partial charge in [-0.25, -0.2) is 8.78 Å². The third kappa shape index (κ3) is 7.97. The molecule has 3 amide bonds. The number of aromatic nitrogens is 1. The number of carbonyl (C=O) groups is 3. The summed E-state index contributed by atoms with van der Waals surface area (Å²) in [6.07, 6.45) is 6.34. The predicted molar refractivity (Wildman–Crippen MR) is 199 cm³/mol. The van der Waals surface area contributed by atoms with E-state index in [1.54, 1.807) is 19.3 Å². The maximum Gasteiger partial charge on any atom is 0.258 e. The van der Waals surface area contributed by atoms with Crippen molar-refractivity contribution in [2.75, 3.05) is 45.2 Å². The van der Waals surface area contributed by atoms with Crippen molar-refractivity contribution in [3.63, 3.8) is 0 Å². The van der Waals surface area contributed by atoms with Crippen LogP contribution < -0.4 is 20.9 Å². The van der Waals surface area contributed by atoms with Crippen LogP contribution in [-0.2, 0) is 27.9 Å². The lowest BCUT2D eigenvalue weighted by Crippen LogP contribution is -2.47. The third-order valence-corrected chi connectivity index (χ3v) is 11.2. The molecule has 3 fully saturated rings. The number of methoxy groups -OCH3 is 1. The summed E-state index contributed by atoms with van der Waals surface area (Å²) in [5.41, 5.74) is 3.34. The Bertz CT molecular complexity index is 2090. The second-order valence-electron chi connectivity index (χ2n) is 14.6. The molecule has 4 aromatic rings. The van der Waals surface area contributed by atoms with Crippen LogP contribution in [0, 0.1) is 17.6 Å². The van der Waals surface area contributed by atoms with Gasteiger partial charge in [0.05, 0.1) is 13.7 Å². The van der Waals surface area contributed by atoms with E-state index in [0.717, 1.165) is 44.5 Å². The Hall–Kier alpha value is -5.10. The number of benzene rings is 3. The van der Waals surface area contributed by atoms with Crippen molar-refractivity contribution in [1.82, 2.24) is 19.7 Å². The molecule has 12 heteroatoms. The number of hydrogen-bond donors (Lipinski definition) is 2. The van der Waals surface area contributed by atoms with Crippen molar-refractivity contribution >= 4 is 34.2 Å². The average Bonchev–Trinajstić information content (AvgIpc) is 3.16. The Balaban J connectivity index is 0.900. The summed E-state index contributed by atoms with van der Waals surface area (Å²) in [7, 11) is 3.13. The van der Waals surface area contributed by atoms with Crippen molar-refractivity contribution in [3.05, 3.63) is 93.9 Å². The highest BCUT2D eigenvalue weighted by molar-refractivity contribution is 6.01. The number of ether oxygens (including phenoxy) is 1. The lowest BCUT2D eigenvalue weighted by molar-refractivity contribution is -0.134. The van der Waals surface area contributed by atoms with Gasteiger partial charge in [-0.1, -0.05) is 12.1 Å². The molecule has 0 aliphatic carbocycles. The summed E-state index contributed by atoms with van der Waals surface area (Å²) >= 11 is 0. The van der Waals surface area contributed by atoms with E-state index in [0.29, 0.717) is 78.0 Å². The van der Waals surface area contributed by atoms with E-state index in [1.165, 1.54) is 41.5 Å². The van der Waals surface area contributed by atoms with Gasteiger partial charge in [0.2, 0.25) is 17.7 Å². The van der Waals surface area contributed by atoms with E-state index in [-0.39, 0.29) is 29.2 Å². The van der Waals surface area contributed by atoms with Gasteiger partial charge in [0, 0.05) is 55.0 Å². The molecule has 3 saturated heterocycles. The van der Waals surface area contributed by atoms with E-state index in [1.807, 2.05) is 17.0 Å². The molecule has 3 aromatic carbocycles. The van der Waals surface area contributed by atoms with Crippen LogP contribution in [0.15, 0.2) is 65.6 Å². The number of nitrogens with zero attached hydrogens (tertiary/aromatic N) is 3. The number of piperidine rings is 3. The van der Waals surface area contributed by atoms with Crippen LogP contribution >= 0.6 is 0 Å². The molecule has 0 spiro atoms. The first-order chi connectivity index (χ1) is 25.6. The van der Waals surface area contributed by atoms with E-state index in [2.05, 4.69) is 27.7 Å². The Kier molecular flexibility index (Phi) is 10.6. The van der Waals surface area contributed by atoms with Gasteiger partial charge >= 0.3 is 0 Å². The number of rotatable bonds is 9. The number of pyridine rings is 1. The summed E-state index contributed by atoms with van der Waals surface area (Å²) in [6, 6.07) is 14.9. The van der Waals surface area contributed by atoms with Crippen LogP contribution in [0.4, 0.5) is 14.5 Å². The molecule has 1 aromatic heterocycles.